The molecule has 0 aliphatic rings. The summed E-state index contributed by atoms with van der Waals surface area (Å²) in [6.45, 7) is 0. The van der Waals surface area contributed by atoms with Crippen molar-refractivity contribution in [1.82, 2.24) is 9.97 Å². The maximum atomic E-state index is 11.5. The molecular weight excluding hydrogens is 617 g/mol. The van der Waals surface area contributed by atoms with Crippen LogP contribution in [0.3, 0.4) is 0 Å². The lowest BCUT2D eigenvalue weighted by molar-refractivity contribution is -0.432. The van der Waals surface area contributed by atoms with Crippen LogP contribution in [0.1, 0.15) is 5.56 Å². The van der Waals surface area contributed by atoms with Gasteiger partial charge in [0.1, 0.15) is 28.0 Å². The minimum atomic E-state index is -4.84. The van der Waals surface area contributed by atoms with Crippen molar-refractivity contribution in [3.05, 3.63) is 60.2 Å². The molecule has 214 valence electrons. The van der Waals surface area contributed by atoms with Gasteiger partial charge in [-0.25, -0.2) is 15.2 Å². The Labute approximate surface area is 231 Å². The second-order valence-corrected chi connectivity index (χ2v) is 12.9. The van der Waals surface area contributed by atoms with E-state index in [1.54, 1.807) is 12.1 Å². The summed E-state index contributed by atoms with van der Waals surface area (Å²) in [5, 5.41) is 12.0. The number of aromatic nitrogens is 2. The zero-order valence-electron chi connectivity index (χ0n) is 19.4. The maximum absolute atomic E-state index is 11.5. The normalized spacial score (nSPS) is 13.6. The number of nitrogens with one attached hydrogen (secondary N) is 1. The lowest BCUT2D eigenvalue weighted by Gasteiger charge is -2.19. The molecule has 4 aromatic rings. The molecule has 0 bridgehead atoms. The Kier molecular flexibility index (Phi) is 8.24. The van der Waals surface area contributed by atoms with Gasteiger partial charge < -0.3 is 24.4 Å². The topological polar surface area (TPSA) is 275 Å². The third kappa shape index (κ3) is 6.77. The van der Waals surface area contributed by atoms with Gasteiger partial charge in [0.2, 0.25) is 0 Å². The van der Waals surface area contributed by atoms with E-state index in [2.05, 4.69) is 24.3 Å². The first kappa shape index (κ1) is 29.9. The number of benzene rings is 3. The summed E-state index contributed by atoms with van der Waals surface area (Å²) < 4.78 is 98.1. The van der Waals surface area contributed by atoms with Gasteiger partial charge in [0.25, 0.3) is 20.2 Å². The van der Waals surface area contributed by atoms with Crippen LogP contribution in [0.5, 0.6) is 0 Å². The van der Waals surface area contributed by atoms with E-state index in [0.717, 1.165) is 12.1 Å². The molecule has 3 aromatic carbocycles. The Morgan fingerprint density at radius 1 is 0.875 bits per heavy atom. The average molecular weight is 635 g/mol. The number of aliphatic imine (C=N–C) groups is 1. The van der Waals surface area contributed by atoms with Crippen molar-refractivity contribution in [2.75, 3.05) is 0 Å². The quantitative estimate of drug-likeness (QED) is 0.0325. The summed E-state index contributed by atoms with van der Waals surface area (Å²) in [7, 11) is -13.8. The van der Waals surface area contributed by atoms with Crippen molar-refractivity contribution < 1.29 is 54.2 Å². The van der Waals surface area contributed by atoms with Crippen molar-refractivity contribution in [2.24, 2.45) is 10.7 Å². The molecule has 0 saturated carbocycles. The number of hydrogen-bond donors (Lipinski definition) is 8. The van der Waals surface area contributed by atoms with Crippen molar-refractivity contribution in [1.29, 1.82) is 0 Å². The monoisotopic (exact) mass is 634 g/mol. The molecule has 1 heterocycles. The Bertz CT molecular complexity index is 1780. The number of H-pyrrole nitrogens is 1. The van der Waals surface area contributed by atoms with Gasteiger partial charge in [-0.2, -0.15) is 16.8 Å². The molecule has 40 heavy (non-hydrogen) atoms. The average Bonchev–Trinajstić information content (AvgIpc) is 3.30. The molecule has 9 N–H and O–H groups in total. The SMILES string of the molecule is NC(=Nc1cc(S(=O)(=O)O)cc(S(=O)(=O)O)c1)c1ccc(-c2nc3c(SOOO)cc(S(O)(O)O)cc3[nH]2)cc1. The largest absolute Gasteiger partial charge is 0.383 e. The fourth-order valence-electron chi connectivity index (χ4n) is 3.39. The number of hydrogen-bond acceptors (Lipinski definition) is 13. The molecule has 16 nitrogen and oxygen atoms in total. The molecule has 0 atom stereocenters. The molecule has 0 aliphatic carbocycles. The lowest BCUT2D eigenvalue weighted by Crippen LogP contribution is -2.12. The Morgan fingerprint density at radius 3 is 2.00 bits per heavy atom. The van der Waals surface area contributed by atoms with Gasteiger partial charge >= 0.3 is 0 Å². The molecule has 0 spiro atoms. The van der Waals surface area contributed by atoms with Crippen LogP contribution in [-0.4, -0.2) is 60.7 Å². The molecule has 0 unspecified atom stereocenters. The lowest BCUT2D eigenvalue weighted by atomic mass is 10.1. The van der Waals surface area contributed by atoms with Crippen LogP contribution in [0.25, 0.3) is 22.4 Å². The molecule has 4 rings (SSSR count). The zero-order valence-corrected chi connectivity index (χ0v) is 22.7. The molecule has 0 radical (unpaired) electrons. The van der Waals surface area contributed by atoms with Gasteiger partial charge in [-0.1, -0.05) is 29.3 Å². The van der Waals surface area contributed by atoms with Crippen molar-refractivity contribution in [3.8, 4) is 11.4 Å². The zero-order chi connectivity index (χ0) is 29.5. The highest BCUT2D eigenvalue weighted by Gasteiger charge is 2.22. The summed E-state index contributed by atoms with van der Waals surface area (Å²) in [5.74, 6) is 0.108. The van der Waals surface area contributed by atoms with E-state index in [-0.39, 0.29) is 38.2 Å². The van der Waals surface area contributed by atoms with Crippen LogP contribution < -0.4 is 5.73 Å². The van der Waals surface area contributed by atoms with E-state index in [1.165, 1.54) is 24.3 Å². The predicted molar refractivity (Wildman–Crippen MR) is 142 cm³/mol. The van der Waals surface area contributed by atoms with Crippen LogP contribution in [-0.2, 0) is 29.6 Å². The van der Waals surface area contributed by atoms with E-state index in [1.807, 2.05) is 0 Å². The third-order valence-corrected chi connectivity index (χ3v) is 8.31. The summed E-state index contributed by atoms with van der Waals surface area (Å²) >= 11 is 0.487. The number of nitrogens with zero attached hydrogens (tertiary/aromatic N) is 2. The van der Waals surface area contributed by atoms with Crippen LogP contribution in [0.4, 0.5) is 5.69 Å². The van der Waals surface area contributed by atoms with Gasteiger partial charge in [0.15, 0.2) is 0 Å². The van der Waals surface area contributed by atoms with Gasteiger partial charge in [-0.3, -0.25) is 9.11 Å². The molecule has 0 amide bonds. The van der Waals surface area contributed by atoms with Crippen LogP contribution in [0, 0.1) is 0 Å². The highest BCUT2D eigenvalue weighted by Crippen LogP contribution is 2.46. The van der Waals surface area contributed by atoms with Gasteiger partial charge in [0.05, 0.1) is 42.8 Å². The van der Waals surface area contributed by atoms with Gasteiger partial charge in [-0.15, -0.1) is 4.33 Å². The third-order valence-electron chi connectivity index (χ3n) is 5.16. The fraction of sp³-hybridized carbons (Fsp3) is 0. The Morgan fingerprint density at radius 2 is 1.48 bits per heavy atom. The van der Waals surface area contributed by atoms with Crippen LogP contribution in [0.15, 0.2) is 79.2 Å². The molecule has 1 aromatic heterocycles. The second kappa shape index (κ2) is 11.0. The van der Waals surface area contributed by atoms with E-state index in [4.69, 9.17) is 11.0 Å². The number of rotatable bonds is 9. The van der Waals surface area contributed by atoms with E-state index >= 15 is 0 Å². The fourth-order valence-corrected chi connectivity index (χ4v) is 5.70. The van der Waals surface area contributed by atoms with Crippen molar-refractivity contribution in [3.63, 3.8) is 0 Å². The number of fused-ring (bicyclic) bond motifs is 1. The highest BCUT2D eigenvalue weighted by molar-refractivity contribution is 8.19. The minimum absolute atomic E-state index is 0.155. The smallest absolute Gasteiger partial charge is 0.294 e. The summed E-state index contributed by atoms with van der Waals surface area (Å²) in [6, 6.07) is 10.8. The number of nitrogens with two attached hydrogens (primary N) is 1. The first-order chi connectivity index (χ1) is 18.6. The van der Waals surface area contributed by atoms with E-state index in [0.29, 0.717) is 29.2 Å². The Balaban J connectivity index is 1.70. The van der Waals surface area contributed by atoms with Crippen LogP contribution in [0.2, 0.25) is 0 Å². The number of imidazole rings is 1. The summed E-state index contributed by atoms with van der Waals surface area (Å²) in [5.41, 5.74) is 7.07. The summed E-state index contributed by atoms with van der Waals surface area (Å²) in [4.78, 5) is 9.60. The van der Waals surface area contributed by atoms with E-state index < -0.39 is 40.9 Å². The summed E-state index contributed by atoms with van der Waals surface area (Å²) in [6.07, 6.45) is 0. The number of amidine groups is 1. The minimum Gasteiger partial charge on any atom is -0.383 e. The first-order valence-electron chi connectivity index (χ1n) is 10.3. The van der Waals surface area contributed by atoms with Crippen molar-refractivity contribution >= 4 is 65.7 Å². The highest BCUT2D eigenvalue weighted by atomic mass is 32.3. The maximum Gasteiger partial charge on any atom is 0.294 e. The van der Waals surface area contributed by atoms with Crippen molar-refractivity contribution in [2.45, 2.75) is 19.6 Å². The van der Waals surface area contributed by atoms with Gasteiger partial charge in [-0.05, 0) is 30.3 Å². The molecule has 0 fully saturated rings. The first-order valence-corrected chi connectivity index (χ1v) is 15.4. The second-order valence-electron chi connectivity index (χ2n) is 7.83. The standard InChI is InChI=1S/C20H18N4O12S4/c21-19(22-12-5-13(38(26,27)28)7-14(6-12)39(29,30)31)10-1-3-11(4-2-10)20-23-16-8-15(40(32,33)34)9-17(18(16)24-20)37-36-35-25/h1-9,25,32-34H,(H2,21,22)(H,23,24)(H,26,27,28)(H,29,30,31). The molecular formula is C20H18N4O12S4. The molecule has 0 aliphatic heterocycles. The number of aromatic amines is 1. The predicted octanol–water partition coefficient (Wildman–Crippen LogP) is 3.77. The van der Waals surface area contributed by atoms with E-state index in [9.17, 15) is 39.6 Å². The van der Waals surface area contributed by atoms with Crippen LogP contribution >= 0.6 is 22.9 Å². The molecule has 20 heteroatoms. The Hall–Kier alpha value is -3.12. The van der Waals surface area contributed by atoms with Gasteiger partial charge in [0, 0.05) is 11.1 Å². The molecule has 0 saturated heterocycles.